The predicted molar refractivity (Wildman–Crippen MR) is 494 cm³/mol. The second kappa shape index (κ2) is 50.0. The highest BCUT2D eigenvalue weighted by molar-refractivity contribution is 5.37. The van der Waals surface area contributed by atoms with Gasteiger partial charge in [-0.25, -0.2) is 0 Å². The SMILES string of the molecule is [2H]c1c([2H])c(C(C([2H])([2H])N(C)C)C2(O)C([2H])([2H])C([2H])([2H])C([2H])([2H])C([2H])([2H])C2([2H])[2H])c([2H])c([2H])c1OC.[2H]c1c([2H])c(C(CN(C([2H])([2H])[2H])C([2H])([2H])[2H])C2(O)C([2H])([2H])C([2H])([2H])C([2H])([2H])C([2H])([2H])C2([2H])[2H])c([2H])c([2H])c1OC.[2H]c1c([2H])c(C(CN(C)C([2H])([2H])[2H])C2(O)C([2H])([2H])C([2H])([2H])C([2H])([2H])C([2H])([2H])C2([2H])[2H])c([2H])c([2H])c1OC.[2H]c1c([2H])c(C(CN(C)C)C2(O)C([2H])([2H])C([2H])([2H])C([2H])([2H])C([2H])([2H])C2([2H])[2H])c([2H])c([2H])c1OC.[2H]c1c([2H])c(C([2H])(C2(O)CCCCC2)C([2H])([2H])N(C([2H])([2H])[2H])C([2H])([2H])[2H])c([2H])c([2H])c1OC.[2H]c1c([2H])c(C([2H])(C2(O)CCCCC2)C([2H])([2H])N(C)C([2H])([2H])[2H])c([2H])c([2H])c1OC. The van der Waals surface area contributed by atoms with Crippen LogP contribution in [0.4, 0.5) is 0 Å². The lowest BCUT2D eigenvalue weighted by Crippen LogP contribution is -2.42. The average Bonchev–Trinajstić information content (AvgIpc) is 0.652. The number of benzene rings is 6. The second-order valence-electron chi connectivity index (χ2n) is 27.1. The summed E-state index contributed by atoms with van der Waals surface area (Å²) in [4.78, 5) is 1.97. The Hall–Kier alpha value is -6.36. The van der Waals surface area contributed by atoms with Crippen molar-refractivity contribution in [3.8, 4) is 34.5 Å². The number of hydrogen-bond acceptors (Lipinski definition) is 18. The van der Waals surface area contributed by atoms with Gasteiger partial charge in [0.25, 0.3) is 0 Å². The van der Waals surface area contributed by atoms with E-state index in [4.69, 9.17) is 149 Å². The summed E-state index contributed by atoms with van der Waals surface area (Å²) in [5.74, 6) is -19.5. The summed E-state index contributed by atoms with van der Waals surface area (Å²) in [5.41, 5.74) is -26.1. The van der Waals surface area contributed by atoms with Gasteiger partial charge in [-0.3, -0.25) is 0 Å². The van der Waals surface area contributed by atoms with Gasteiger partial charge >= 0.3 is 0 Å². The van der Waals surface area contributed by atoms with Gasteiger partial charge in [-0.05, 0) is 267 Å². The first kappa shape index (κ1) is 32.8. The van der Waals surface area contributed by atoms with Gasteiger partial charge < -0.3 is 88.5 Å². The summed E-state index contributed by atoms with van der Waals surface area (Å²) in [6, 6.07) is -21.2. The smallest absolute Gasteiger partial charge is 0.118 e. The van der Waals surface area contributed by atoms with Gasteiger partial charge in [0.05, 0.1) is 109 Å². The largest absolute Gasteiger partial charge is 0.497 e. The van der Waals surface area contributed by atoms with E-state index in [9.17, 15) is 33.4 Å². The third-order valence-corrected chi connectivity index (χ3v) is 17.8. The molecule has 6 atom stereocenters. The van der Waals surface area contributed by atoms with Crippen molar-refractivity contribution in [2.24, 2.45) is 0 Å². The molecular weight excluding hydrogens is 1500 g/mol. The molecule has 6 aromatic rings. The van der Waals surface area contributed by atoms with Crippen LogP contribution in [0.5, 0.6) is 34.5 Å². The van der Waals surface area contributed by atoms with E-state index in [1.165, 1.54) is 19.0 Å². The molecule has 6 unspecified atom stereocenters. The molecule has 672 valence electrons. The topological polar surface area (TPSA) is 196 Å². The summed E-state index contributed by atoms with van der Waals surface area (Å²) in [6.07, 6.45) is -77.3. The van der Waals surface area contributed by atoms with Crippen LogP contribution in [-0.2, 0) is 0 Å². The third kappa shape index (κ3) is 31.1. The fourth-order valence-electron chi connectivity index (χ4n) is 11.9. The maximum atomic E-state index is 12.0. The summed E-state index contributed by atoms with van der Waals surface area (Å²) in [5, 5.41) is 70.6. The molecule has 0 radical (unpaired) electrons. The van der Waals surface area contributed by atoms with Gasteiger partial charge in [0, 0.05) is 165 Å². The number of nitrogens with zero attached hydrogens (tertiary/aromatic N) is 6. The summed E-state index contributed by atoms with van der Waals surface area (Å²) >= 11 is 0. The minimum Gasteiger partial charge on any atom is -0.497 e. The molecule has 18 nitrogen and oxygen atoms in total. The van der Waals surface area contributed by atoms with Crippen LogP contribution in [0.1, 0.15) is 384 Å². The van der Waals surface area contributed by atoms with Crippen LogP contribution in [0.3, 0.4) is 0 Å². The van der Waals surface area contributed by atoms with Crippen LogP contribution < -0.4 is 28.4 Å². The molecule has 0 aromatic heterocycles. The lowest BCUT2D eigenvalue weighted by atomic mass is 9.72. The van der Waals surface area contributed by atoms with Gasteiger partial charge in [0.1, 0.15) is 34.5 Å². The van der Waals surface area contributed by atoms with Gasteiger partial charge in [-0.2, -0.15) is 0 Å². The summed E-state index contributed by atoms with van der Waals surface area (Å²) < 4.78 is 766. The van der Waals surface area contributed by atoms with E-state index in [1.54, 1.807) is 0 Å². The minimum absolute atomic E-state index is 0.0452. The molecule has 6 aromatic carbocycles. The van der Waals surface area contributed by atoms with E-state index in [1.807, 2.05) is 0 Å². The van der Waals surface area contributed by atoms with Crippen LogP contribution in [0.25, 0.3) is 0 Å². The Balaban J connectivity index is 0.000000334. The molecule has 0 heterocycles. The van der Waals surface area contributed by atoms with Crippen molar-refractivity contribution >= 4 is 0 Å². The fraction of sp³-hybridized carbons (Fsp3) is 0.647. The third-order valence-electron chi connectivity index (χ3n) is 17.8. The normalized spacial score (nSPS) is 40.7. The zero-order chi connectivity index (χ0) is 166. The lowest BCUT2D eigenvalue weighted by molar-refractivity contribution is -0.0280. The number of likely N-dealkylation sites (N-methyl/N-ethyl adjacent to an activating group) is 6. The van der Waals surface area contributed by atoms with E-state index >= 15 is 0 Å². The van der Waals surface area contributed by atoms with E-state index in [2.05, 4.69) is 0 Å². The maximum absolute atomic E-state index is 12.0. The quantitative estimate of drug-likeness (QED) is 0.0249. The van der Waals surface area contributed by atoms with Gasteiger partial charge in [0.15, 0.2) is 0 Å². The molecule has 6 N–H and O–H groups in total. The Bertz CT molecular complexity index is 8070. The van der Waals surface area contributed by atoms with Crippen molar-refractivity contribution in [1.29, 1.82) is 0 Å². The molecule has 0 amide bonds. The second-order valence-corrected chi connectivity index (χ2v) is 27.1. The van der Waals surface area contributed by atoms with Crippen LogP contribution in [0, 0.1) is 0 Å². The van der Waals surface area contributed by atoms with E-state index in [-0.39, 0.29) is 36.3 Å². The standard InChI is InChI=1S/6C17H27NO2/c6*1-18(2)13-16(17(19)11-5-4-6-12-17)14-7-9-15(20-3)10-8-14/h6*7-10,16,19H,4-6,11-13H2,1-3H3/i1D3,2D3,4D2,5D2,6D2,7D,8D,9D,10D,11D2,12D2;4D2,5D2,6D2,7D,8D,9D,10D,11D2,12D2,13D2;1D3,4D2,5D2,6D2,7D,8D,9D,10D,11D2,12D2;4D2,5D2,6D2,7D,8D,9D,10D,11D2,12D2;1D3,2D3,7D,8D,9D,10D,13D2,16D;1D3,7D,8D,9D,10D,13D2,16D. The minimum atomic E-state index is -4.27. The first-order valence-electron chi connectivity index (χ1n) is 81.4. The first-order chi connectivity index (χ1) is 92.8. The zero-order valence-corrected chi connectivity index (χ0v) is 67.8. The molecule has 18 heteroatoms. The van der Waals surface area contributed by atoms with Crippen molar-refractivity contribution < 1.29 is 182 Å². The Kier molecular flexibility index (Phi) is 13.7. The van der Waals surface area contributed by atoms with Crippen molar-refractivity contribution in [2.45, 2.75) is 261 Å². The number of methoxy groups -OCH3 is 6. The van der Waals surface area contributed by atoms with Gasteiger partial charge in [-0.15, -0.1) is 0 Å². The predicted octanol–water partition coefficient (Wildman–Crippen LogP) is 18.2. The Labute approximate surface area is 852 Å². The van der Waals surface area contributed by atoms with Gasteiger partial charge in [0.2, 0.25) is 0 Å². The van der Waals surface area contributed by atoms with Crippen LogP contribution in [0.15, 0.2) is 145 Å². The zero-order valence-electron chi connectivity index (χ0n) is 158. The average molecular weight is 1750 g/mol. The highest BCUT2D eigenvalue weighted by Gasteiger charge is 2.45. The highest BCUT2D eigenvalue weighted by atomic mass is 16.5. The van der Waals surface area contributed by atoms with Crippen molar-refractivity contribution in [3.05, 3.63) is 178 Å². The van der Waals surface area contributed by atoms with Crippen LogP contribution >= 0.6 is 0 Å². The molecule has 6 saturated carbocycles. The van der Waals surface area contributed by atoms with Crippen molar-refractivity contribution in [1.82, 2.24) is 29.4 Å². The Morgan fingerprint density at radius 3 is 0.750 bits per heavy atom. The molecule has 0 bridgehead atoms. The molecule has 6 fully saturated rings. The number of rotatable bonds is 30. The molecule has 0 spiro atoms. The first-order valence-corrected chi connectivity index (χ1v) is 36.4. The number of aliphatic hydroxyl groups is 6. The van der Waals surface area contributed by atoms with Gasteiger partial charge in [-0.1, -0.05) is 188 Å². The summed E-state index contributed by atoms with van der Waals surface area (Å²) in [6.45, 7) is -33.8. The van der Waals surface area contributed by atoms with Crippen molar-refractivity contribution in [2.75, 3.05) is 166 Å². The lowest BCUT2D eigenvalue weighted by Gasteiger charge is -2.40. The van der Waals surface area contributed by atoms with E-state index in [0.29, 0.717) is 46.8 Å². The molecule has 6 aliphatic carbocycles. The molecule has 6 aliphatic rings. The monoisotopic (exact) mass is 1750 g/mol. The number of ether oxygens (including phenoxy) is 6. The van der Waals surface area contributed by atoms with E-state index < -0.39 is 490 Å². The highest BCUT2D eigenvalue weighted by Crippen LogP contribution is 2.47. The van der Waals surface area contributed by atoms with E-state index in [0.717, 1.165) is 77.3 Å². The van der Waals surface area contributed by atoms with Crippen molar-refractivity contribution in [3.63, 3.8) is 0 Å². The molecular formula is C102H162N6O12. The summed E-state index contributed by atoms with van der Waals surface area (Å²) in [7, 11) is 13.2. The molecule has 0 saturated heterocycles. The van der Waals surface area contributed by atoms with Crippen LogP contribution in [-0.4, -0.2) is 260 Å². The molecule has 12 rings (SSSR count). The molecule has 120 heavy (non-hydrogen) atoms. The maximum Gasteiger partial charge on any atom is 0.118 e. The fourth-order valence-corrected chi connectivity index (χ4v) is 11.9. The molecule has 0 aliphatic heterocycles. The Morgan fingerprint density at radius 1 is 0.283 bits per heavy atom. The Morgan fingerprint density at radius 2 is 0.508 bits per heavy atom. The number of hydrogen-bond donors (Lipinski definition) is 6. The van der Waals surface area contributed by atoms with Crippen LogP contribution in [0.2, 0.25) is 0 Å².